The second kappa shape index (κ2) is 10.4. The van der Waals surface area contributed by atoms with Crippen LogP contribution in [0.2, 0.25) is 0 Å². The Labute approximate surface area is 241 Å². The molecular weight excluding hydrogens is 539 g/mol. The van der Waals surface area contributed by atoms with Crippen molar-refractivity contribution in [2.75, 3.05) is 37.7 Å². The van der Waals surface area contributed by atoms with E-state index in [9.17, 15) is 14.3 Å². The van der Waals surface area contributed by atoms with Crippen LogP contribution in [0.15, 0.2) is 54.6 Å². The average Bonchev–Trinajstić information content (AvgIpc) is 3.26. The number of carboxylic acids is 1. The Morgan fingerprint density at radius 3 is 2.69 bits per heavy atom. The standard InChI is InChI=1S/C31H29FN6O4/c32-24-10-20(12-33)4-5-22(24)15-42-29-3-1-2-27(35-29)37-18-31(19-37)16-36(17-31)14-28-34-25-7-6-21(30(39)40)11-26(25)38(28)13-23-8-9-41-23/h1-7,10-11,23H,8-9,13-19H2,(H,39,40)/t23-/m0/s1. The molecule has 0 radical (unpaired) electrons. The van der Waals surface area contributed by atoms with E-state index in [1.807, 2.05) is 18.2 Å². The molecule has 3 aliphatic rings. The van der Waals surface area contributed by atoms with Gasteiger partial charge in [-0.2, -0.15) is 10.2 Å². The van der Waals surface area contributed by atoms with E-state index in [1.54, 1.807) is 36.4 Å². The molecule has 1 N–H and O–H groups in total. The highest BCUT2D eigenvalue weighted by Gasteiger charge is 2.52. The Balaban J connectivity index is 0.970. The Morgan fingerprint density at radius 2 is 1.98 bits per heavy atom. The van der Waals surface area contributed by atoms with Crippen LogP contribution >= 0.6 is 0 Å². The lowest BCUT2D eigenvalue weighted by molar-refractivity contribution is -0.0604. The van der Waals surface area contributed by atoms with Gasteiger partial charge in [-0.15, -0.1) is 0 Å². The number of nitriles is 1. The number of halogens is 1. The summed E-state index contributed by atoms with van der Waals surface area (Å²) in [6.45, 7) is 5.82. The molecule has 0 bridgehead atoms. The van der Waals surface area contributed by atoms with Gasteiger partial charge < -0.3 is 24.0 Å². The molecule has 3 aliphatic heterocycles. The van der Waals surface area contributed by atoms with Gasteiger partial charge in [0.25, 0.3) is 0 Å². The molecule has 10 nitrogen and oxygen atoms in total. The van der Waals surface area contributed by atoms with Crippen LogP contribution in [0.5, 0.6) is 5.88 Å². The van der Waals surface area contributed by atoms with Gasteiger partial charge in [-0.1, -0.05) is 12.1 Å². The molecule has 5 heterocycles. The van der Waals surface area contributed by atoms with E-state index < -0.39 is 11.8 Å². The summed E-state index contributed by atoms with van der Waals surface area (Å²) in [5, 5.41) is 18.4. The molecule has 7 rings (SSSR count). The summed E-state index contributed by atoms with van der Waals surface area (Å²) in [4.78, 5) is 25.7. The number of hydrogen-bond acceptors (Lipinski definition) is 8. The first-order valence-corrected chi connectivity index (χ1v) is 14.0. The normalized spacial score (nSPS) is 19.1. The molecule has 4 aromatic rings. The quantitative estimate of drug-likeness (QED) is 0.322. The molecule has 0 amide bonds. The van der Waals surface area contributed by atoms with Crippen molar-refractivity contribution in [3.8, 4) is 11.9 Å². The monoisotopic (exact) mass is 568 g/mol. The van der Waals surface area contributed by atoms with Crippen LogP contribution in [-0.4, -0.2) is 69.4 Å². The number of anilines is 1. The molecule has 214 valence electrons. The third-order valence-electron chi connectivity index (χ3n) is 8.38. The van der Waals surface area contributed by atoms with Gasteiger partial charge in [0.05, 0.1) is 47.4 Å². The predicted octanol–water partition coefficient (Wildman–Crippen LogP) is 3.83. The molecule has 0 aliphatic carbocycles. The van der Waals surface area contributed by atoms with Gasteiger partial charge in [-0.25, -0.2) is 14.2 Å². The van der Waals surface area contributed by atoms with Gasteiger partial charge in [0, 0.05) is 49.8 Å². The molecule has 0 saturated carbocycles. The van der Waals surface area contributed by atoms with Crippen molar-refractivity contribution in [2.45, 2.75) is 32.2 Å². The average molecular weight is 569 g/mol. The van der Waals surface area contributed by atoms with Crippen molar-refractivity contribution < 1.29 is 23.8 Å². The second-order valence-corrected chi connectivity index (χ2v) is 11.5. The number of fused-ring (bicyclic) bond motifs is 1. The van der Waals surface area contributed by atoms with Crippen molar-refractivity contribution in [1.82, 2.24) is 19.4 Å². The SMILES string of the molecule is N#Cc1ccc(COc2cccc(N3CC4(CN(Cc5nc6ccc(C(=O)O)cc6n5C[C@@H]5CCO5)C4)C3)n2)c(F)c1. The summed E-state index contributed by atoms with van der Waals surface area (Å²) >= 11 is 0. The fourth-order valence-electron chi connectivity index (χ4n) is 6.15. The summed E-state index contributed by atoms with van der Waals surface area (Å²) in [5.74, 6) is 0.763. The van der Waals surface area contributed by atoms with Crippen LogP contribution in [0, 0.1) is 22.6 Å². The Bertz CT molecular complexity index is 1710. The van der Waals surface area contributed by atoms with Crippen molar-refractivity contribution >= 4 is 22.8 Å². The number of aromatic nitrogens is 3. The largest absolute Gasteiger partial charge is 0.478 e. The van der Waals surface area contributed by atoms with Gasteiger partial charge in [-0.3, -0.25) is 4.90 Å². The minimum atomic E-state index is -0.947. The number of nitrogens with zero attached hydrogens (tertiary/aromatic N) is 6. The minimum absolute atomic E-state index is 0.0299. The maximum absolute atomic E-state index is 14.2. The van der Waals surface area contributed by atoms with Crippen LogP contribution < -0.4 is 9.64 Å². The van der Waals surface area contributed by atoms with Gasteiger partial charge in [0.1, 0.15) is 24.1 Å². The molecule has 2 aromatic heterocycles. The van der Waals surface area contributed by atoms with Crippen molar-refractivity contribution in [3.05, 3.63) is 82.9 Å². The van der Waals surface area contributed by atoms with Gasteiger partial charge >= 0.3 is 5.97 Å². The maximum atomic E-state index is 14.2. The zero-order valence-corrected chi connectivity index (χ0v) is 22.9. The molecule has 3 fully saturated rings. The highest BCUT2D eigenvalue weighted by atomic mass is 19.1. The number of carbonyl (C=O) groups is 1. The number of imidazole rings is 1. The van der Waals surface area contributed by atoms with Crippen LogP contribution in [0.1, 0.15) is 33.7 Å². The number of aromatic carboxylic acids is 1. The van der Waals surface area contributed by atoms with E-state index in [1.165, 1.54) is 6.07 Å². The Hall–Kier alpha value is -4.53. The molecule has 11 heteroatoms. The lowest BCUT2D eigenvalue weighted by Gasteiger charge is -2.60. The first-order valence-electron chi connectivity index (χ1n) is 14.0. The van der Waals surface area contributed by atoms with E-state index >= 15 is 0 Å². The van der Waals surface area contributed by atoms with Gasteiger partial charge in [0.15, 0.2) is 0 Å². The number of carboxylic acid groups (broad SMARTS) is 1. The van der Waals surface area contributed by atoms with Gasteiger partial charge in [0.2, 0.25) is 5.88 Å². The Kier molecular flexibility index (Phi) is 6.52. The van der Waals surface area contributed by atoms with E-state index in [0.29, 0.717) is 24.5 Å². The van der Waals surface area contributed by atoms with Crippen molar-refractivity contribution in [2.24, 2.45) is 5.41 Å². The van der Waals surface area contributed by atoms with Crippen LogP contribution in [0.3, 0.4) is 0 Å². The zero-order valence-electron chi connectivity index (χ0n) is 22.9. The third kappa shape index (κ3) is 4.93. The van der Waals surface area contributed by atoms with Crippen LogP contribution in [0.4, 0.5) is 10.2 Å². The summed E-state index contributed by atoms with van der Waals surface area (Å²) in [5.41, 5.74) is 2.74. The van der Waals surface area contributed by atoms with E-state index in [4.69, 9.17) is 19.7 Å². The summed E-state index contributed by atoms with van der Waals surface area (Å²) in [6, 6.07) is 17.0. The lowest BCUT2D eigenvalue weighted by atomic mass is 9.73. The molecule has 42 heavy (non-hydrogen) atoms. The number of pyridine rings is 1. The summed E-state index contributed by atoms with van der Waals surface area (Å²) in [6.07, 6.45) is 1.13. The number of ether oxygens (including phenoxy) is 2. The smallest absolute Gasteiger partial charge is 0.335 e. The number of hydrogen-bond donors (Lipinski definition) is 1. The van der Waals surface area contributed by atoms with E-state index in [2.05, 4.69) is 19.4 Å². The van der Waals surface area contributed by atoms with Crippen molar-refractivity contribution in [3.63, 3.8) is 0 Å². The first kappa shape index (κ1) is 26.4. The highest BCUT2D eigenvalue weighted by molar-refractivity contribution is 5.92. The lowest BCUT2D eigenvalue weighted by Crippen LogP contribution is -2.72. The number of likely N-dealkylation sites (tertiary alicyclic amines) is 1. The molecule has 3 saturated heterocycles. The van der Waals surface area contributed by atoms with Crippen LogP contribution in [0.25, 0.3) is 11.0 Å². The van der Waals surface area contributed by atoms with Gasteiger partial charge in [-0.05, 0) is 42.8 Å². The van der Waals surface area contributed by atoms with E-state index in [-0.39, 0.29) is 29.3 Å². The second-order valence-electron chi connectivity index (χ2n) is 11.5. The number of rotatable bonds is 9. The Morgan fingerprint density at radius 1 is 1.14 bits per heavy atom. The first-order chi connectivity index (χ1) is 20.4. The molecule has 2 aromatic carbocycles. The fraction of sp³-hybridized carbons (Fsp3) is 0.355. The van der Waals surface area contributed by atoms with Crippen molar-refractivity contribution in [1.29, 1.82) is 5.26 Å². The fourth-order valence-corrected chi connectivity index (χ4v) is 6.15. The number of benzene rings is 2. The summed E-state index contributed by atoms with van der Waals surface area (Å²) < 4.78 is 27.8. The molecule has 0 unspecified atom stereocenters. The maximum Gasteiger partial charge on any atom is 0.335 e. The minimum Gasteiger partial charge on any atom is -0.478 e. The molecular formula is C31H29FN6O4. The third-order valence-corrected chi connectivity index (χ3v) is 8.38. The highest BCUT2D eigenvalue weighted by Crippen LogP contribution is 2.42. The predicted molar refractivity (Wildman–Crippen MR) is 151 cm³/mol. The van der Waals surface area contributed by atoms with Crippen LogP contribution in [-0.2, 0) is 24.4 Å². The summed E-state index contributed by atoms with van der Waals surface area (Å²) in [7, 11) is 0. The molecule has 1 atom stereocenters. The molecule has 1 spiro atoms. The van der Waals surface area contributed by atoms with E-state index in [0.717, 1.165) is 61.9 Å². The zero-order chi connectivity index (χ0) is 28.8. The topological polar surface area (TPSA) is 117 Å².